The number of amides is 2. The van der Waals surface area contributed by atoms with Gasteiger partial charge in [-0.2, -0.15) is 0 Å². The summed E-state index contributed by atoms with van der Waals surface area (Å²) in [4.78, 5) is 31.9. The van der Waals surface area contributed by atoms with Crippen molar-refractivity contribution in [3.63, 3.8) is 0 Å². The summed E-state index contributed by atoms with van der Waals surface area (Å²) in [6.45, 7) is 2.78. The highest BCUT2D eigenvalue weighted by molar-refractivity contribution is 6.29. The van der Waals surface area contributed by atoms with Gasteiger partial charge in [0, 0.05) is 25.8 Å². The summed E-state index contributed by atoms with van der Waals surface area (Å²) in [5.41, 5.74) is 4.08. The Bertz CT molecular complexity index is 1110. The number of benzene rings is 2. The van der Waals surface area contributed by atoms with Crippen LogP contribution in [0.5, 0.6) is 0 Å². The summed E-state index contributed by atoms with van der Waals surface area (Å²) in [6.07, 6.45) is 1.07. The summed E-state index contributed by atoms with van der Waals surface area (Å²) in [5, 5.41) is 12.9. The molecule has 2 aromatic carbocycles. The maximum atomic E-state index is 13.3. The number of pyridine rings is 1. The third-order valence-corrected chi connectivity index (χ3v) is 5.50. The molecule has 1 aliphatic heterocycles. The van der Waals surface area contributed by atoms with Gasteiger partial charge in [-0.1, -0.05) is 59.6 Å². The van der Waals surface area contributed by atoms with Crippen LogP contribution >= 0.6 is 11.6 Å². The highest BCUT2D eigenvalue weighted by Gasteiger charge is 2.33. The molecule has 158 valence electrons. The lowest BCUT2D eigenvalue weighted by molar-refractivity contribution is 0.00587. The van der Waals surface area contributed by atoms with Crippen molar-refractivity contribution >= 4 is 23.4 Å². The number of β-amino-alcohol motifs (C(OH)–C–C–N with tert-alkyl or cyclic N) is 1. The van der Waals surface area contributed by atoms with Crippen molar-refractivity contribution in [2.75, 3.05) is 13.1 Å². The fraction of sp³-hybridized carbons (Fsp3) is 0.208. The van der Waals surface area contributed by atoms with Crippen molar-refractivity contribution in [3.8, 4) is 11.1 Å². The molecule has 7 heteroatoms. The SMILES string of the molecule is Cc1ccc(-c2cccc(C(=O)NCc3ccc(Cl)nc3)c2C(=O)N2CC(O)C2)cc1. The lowest BCUT2D eigenvalue weighted by atomic mass is 9.92. The zero-order valence-corrected chi connectivity index (χ0v) is 17.8. The van der Waals surface area contributed by atoms with Crippen LogP contribution in [0.2, 0.25) is 5.15 Å². The maximum Gasteiger partial charge on any atom is 0.255 e. The van der Waals surface area contributed by atoms with Gasteiger partial charge in [0.2, 0.25) is 0 Å². The molecule has 2 amide bonds. The highest BCUT2D eigenvalue weighted by Crippen LogP contribution is 2.29. The quantitative estimate of drug-likeness (QED) is 0.601. The number of carbonyl (C=O) groups is 2. The zero-order chi connectivity index (χ0) is 22.0. The molecule has 0 saturated carbocycles. The van der Waals surface area contributed by atoms with Crippen molar-refractivity contribution in [2.45, 2.75) is 19.6 Å². The molecule has 2 heterocycles. The van der Waals surface area contributed by atoms with Gasteiger partial charge in [-0.05, 0) is 35.7 Å². The predicted molar refractivity (Wildman–Crippen MR) is 119 cm³/mol. The summed E-state index contributed by atoms with van der Waals surface area (Å²) in [6, 6.07) is 16.5. The molecule has 0 radical (unpaired) electrons. The molecule has 0 bridgehead atoms. The number of hydrogen-bond donors (Lipinski definition) is 2. The van der Waals surface area contributed by atoms with Gasteiger partial charge in [-0.25, -0.2) is 4.98 Å². The third kappa shape index (κ3) is 4.60. The van der Waals surface area contributed by atoms with Crippen LogP contribution in [0.4, 0.5) is 0 Å². The molecule has 2 N–H and O–H groups in total. The molecular formula is C24H22ClN3O3. The van der Waals surface area contributed by atoms with Gasteiger partial charge < -0.3 is 15.3 Å². The van der Waals surface area contributed by atoms with Crippen LogP contribution in [0.3, 0.4) is 0 Å². The number of nitrogens with zero attached hydrogens (tertiary/aromatic N) is 2. The van der Waals surface area contributed by atoms with Crippen LogP contribution in [0.25, 0.3) is 11.1 Å². The van der Waals surface area contributed by atoms with Crippen LogP contribution in [-0.4, -0.2) is 46.0 Å². The molecule has 0 spiro atoms. The van der Waals surface area contributed by atoms with Gasteiger partial charge in [0.05, 0.1) is 17.2 Å². The van der Waals surface area contributed by atoms with E-state index in [1.54, 1.807) is 35.4 Å². The number of aliphatic hydroxyl groups is 1. The number of likely N-dealkylation sites (tertiary alicyclic amines) is 1. The van der Waals surface area contributed by atoms with E-state index < -0.39 is 6.10 Å². The average molecular weight is 436 g/mol. The second kappa shape index (κ2) is 8.88. The van der Waals surface area contributed by atoms with Crippen molar-refractivity contribution in [2.24, 2.45) is 0 Å². The van der Waals surface area contributed by atoms with E-state index in [2.05, 4.69) is 10.3 Å². The van der Waals surface area contributed by atoms with E-state index >= 15 is 0 Å². The molecule has 1 fully saturated rings. The molecule has 0 aliphatic carbocycles. The van der Waals surface area contributed by atoms with E-state index in [1.165, 1.54) is 0 Å². The molecule has 1 aromatic heterocycles. The summed E-state index contributed by atoms with van der Waals surface area (Å²) >= 11 is 5.81. The van der Waals surface area contributed by atoms with E-state index in [9.17, 15) is 14.7 Å². The average Bonchev–Trinajstić information content (AvgIpc) is 2.76. The fourth-order valence-corrected chi connectivity index (χ4v) is 3.63. The smallest absolute Gasteiger partial charge is 0.255 e. The zero-order valence-electron chi connectivity index (χ0n) is 17.0. The van der Waals surface area contributed by atoms with Gasteiger partial charge in [-0.15, -0.1) is 0 Å². The van der Waals surface area contributed by atoms with E-state index in [4.69, 9.17) is 11.6 Å². The van der Waals surface area contributed by atoms with Crippen LogP contribution in [0, 0.1) is 6.92 Å². The second-order valence-corrected chi connectivity index (χ2v) is 8.02. The largest absolute Gasteiger partial charge is 0.389 e. The van der Waals surface area contributed by atoms with Crippen LogP contribution < -0.4 is 5.32 Å². The van der Waals surface area contributed by atoms with Gasteiger partial charge in [0.15, 0.2) is 0 Å². The summed E-state index contributed by atoms with van der Waals surface area (Å²) in [5.74, 6) is -0.617. The van der Waals surface area contributed by atoms with Crippen LogP contribution in [0.15, 0.2) is 60.8 Å². The molecular weight excluding hydrogens is 414 g/mol. The first-order chi connectivity index (χ1) is 14.9. The minimum Gasteiger partial charge on any atom is -0.389 e. The van der Waals surface area contributed by atoms with Crippen LogP contribution in [-0.2, 0) is 6.54 Å². The Balaban J connectivity index is 1.68. The molecule has 0 unspecified atom stereocenters. The van der Waals surface area contributed by atoms with Crippen molar-refractivity contribution in [1.82, 2.24) is 15.2 Å². The lowest BCUT2D eigenvalue weighted by Gasteiger charge is -2.36. The van der Waals surface area contributed by atoms with Crippen molar-refractivity contribution in [3.05, 3.63) is 88.2 Å². The fourth-order valence-electron chi connectivity index (χ4n) is 3.51. The molecule has 31 heavy (non-hydrogen) atoms. The first kappa shape index (κ1) is 21.0. The minimum atomic E-state index is -0.523. The van der Waals surface area contributed by atoms with Crippen LogP contribution in [0.1, 0.15) is 31.8 Å². The Morgan fingerprint density at radius 1 is 1.13 bits per heavy atom. The van der Waals surface area contributed by atoms with Gasteiger partial charge >= 0.3 is 0 Å². The van der Waals surface area contributed by atoms with Gasteiger partial charge in [0.1, 0.15) is 5.15 Å². The standard InChI is InChI=1S/C24H22ClN3O3/c1-15-5-8-17(9-6-15)19-3-2-4-20(22(19)24(31)28-13-18(29)14-28)23(30)27-12-16-7-10-21(25)26-11-16/h2-11,18,29H,12-14H2,1H3,(H,27,30). The first-order valence-electron chi connectivity index (χ1n) is 9.98. The topological polar surface area (TPSA) is 82.5 Å². The maximum absolute atomic E-state index is 13.3. The Morgan fingerprint density at radius 3 is 2.52 bits per heavy atom. The van der Waals surface area contributed by atoms with E-state index in [0.29, 0.717) is 21.8 Å². The molecule has 1 saturated heterocycles. The number of aryl methyl sites for hydroxylation is 1. The monoisotopic (exact) mass is 435 g/mol. The first-order valence-corrected chi connectivity index (χ1v) is 10.4. The van der Waals surface area contributed by atoms with E-state index in [1.807, 2.05) is 37.3 Å². The Hall–Kier alpha value is -3.22. The number of hydrogen-bond acceptors (Lipinski definition) is 4. The van der Waals surface area contributed by atoms with E-state index in [-0.39, 0.29) is 31.4 Å². The van der Waals surface area contributed by atoms with Crippen molar-refractivity contribution < 1.29 is 14.7 Å². The summed E-state index contributed by atoms with van der Waals surface area (Å²) in [7, 11) is 0. The van der Waals surface area contributed by atoms with Gasteiger partial charge in [-0.3, -0.25) is 9.59 Å². The Kier molecular flexibility index (Phi) is 6.02. The number of rotatable bonds is 5. The molecule has 1 aliphatic rings. The number of nitrogens with one attached hydrogen (secondary N) is 1. The van der Waals surface area contributed by atoms with Gasteiger partial charge in [0.25, 0.3) is 11.8 Å². The summed E-state index contributed by atoms with van der Waals surface area (Å²) < 4.78 is 0. The number of halogens is 1. The predicted octanol–water partition coefficient (Wildman–Crippen LogP) is 3.46. The molecule has 3 aromatic rings. The minimum absolute atomic E-state index is 0.258. The Labute approximate surface area is 185 Å². The van der Waals surface area contributed by atoms with E-state index in [0.717, 1.165) is 16.7 Å². The van der Waals surface area contributed by atoms with Crippen molar-refractivity contribution in [1.29, 1.82) is 0 Å². The molecule has 4 rings (SSSR count). The number of aromatic nitrogens is 1. The lowest BCUT2D eigenvalue weighted by Crippen LogP contribution is -2.53. The highest BCUT2D eigenvalue weighted by atomic mass is 35.5. The third-order valence-electron chi connectivity index (χ3n) is 5.28. The molecule has 6 nitrogen and oxygen atoms in total. The second-order valence-electron chi connectivity index (χ2n) is 7.63. The molecule has 0 atom stereocenters. The number of carbonyl (C=O) groups excluding carboxylic acids is 2. The number of aliphatic hydroxyl groups excluding tert-OH is 1. The Morgan fingerprint density at radius 2 is 1.87 bits per heavy atom. The normalized spacial score (nSPS) is 13.6.